The molecule has 0 unspecified atom stereocenters. The van der Waals surface area contributed by atoms with E-state index in [2.05, 4.69) is 37.4 Å². The highest BCUT2D eigenvalue weighted by Gasteiger charge is 2.01. The van der Waals surface area contributed by atoms with Gasteiger partial charge < -0.3 is 5.32 Å². The topological polar surface area (TPSA) is 12.0 Å². The first-order valence-electron chi connectivity index (χ1n) is 6.07. The van der Waals surface area contributed by atoms with Crippen molar-refractivity contribution >= 4 is 0 Å². The third kappa shape index (κ3) is 3.67. The minimum absolute atomic E-state index is 1.07. The smallest absolute Gasteiger partial charge is 0.00114 e. The van der Waals surface area contributed by atoms with Gasteiger partial charge >= 0.3 is 0 Å². The number of benzene rings is 1. The van der Waals surface area contributed by atoms with Crippen molar-refractivity contribution in [3.8, 4) is 0 Å². The zero-order valence-corrected chi connectivity index (χ0v) is 10.3. The summed E-state index contributed by atoms with van der Waals surface area (Å²) in [6.45, 7) is 5.55. The Balaban J connectivity index is 2.79. The molecule has 0 radical (unpaired) electrons. The third-order valence-electron chi connectivity index (χ3n) is 2.83. The van der Waals surface area contributed by atoms with Gasteiger partial charge in [-0.3, -0.25) is 0 Å². The quantitative estimate of drug-likeness (QED) is 0.753. The Morgan fingerprint density at radius 1 is 1.07 bits per heavy atom. The number of hydrogen-bond acceptors (Lipinski definition) is 1. The van der Waals surface area contributed by atoms with Gasteiger partial charge in [0, 0.05) is 0 Å². The van der Waals surface area contributed by atoms with Crippen molar-refractivity contribution in [2.75, 3.05) is 13.6 Å². The highest BCUT2D eigenvalue weighted by molar-refractivity contribution is 5.32. The van der Waals surface area contributed by atoms with Crippen LogP contribution in [-0.2, 0) is 19.3 Å². The number of aryl methyl sites for hydroxylation is 2. The number of hydrogen-bond donors (Lipinski definition) is 1. The van der Waals surface area contributed by atoms with E-state index in [4.69, 9.17) is 0 Å². The second kappa shape index (κ2) is 6.62. The van der Waals surface area contributed by atoms with Crippen LogP contribution >= 0.6 is 0 Å². The molecule has 84 valence electrons. The Morgan fingerprint density at radius 3 is 2.47 bits per heavy atom. The molecule has 0 aliphatic carbocycles. The van der Waals surface area contributed by atoms with Crippen molar-refractivity contribution in [2.45, 2.75) is 39.5 Å². The van der Waals surface area contributed by atoms with Gasteiger partial charge in [0.05, 0.1) is 0 Å². The molecule has 1 rings (SSSR count). The fourth-order valence-corrected chi connectivity index (χ4v) is 1.95. The summed E-state index contributed by atoms with van der Waals surface area (Å²) < 4.78 is 0. The van der Waals surface area contributed by atoms with Crippen LogP contribution in [0.15, 0.2) is 18.2 Å². The van der Waals surface area contributed by atoms with Gasteiger partial charge in [0.25, 0.3) is 0 Å². The number of nitrogens with one attached hydrogen (secondary N) is 1. The van der Waals surface area contributed by atoms with Crippen LogP contribution in [0.3, 0.4) is 0 Å². The van der Waals surface area contributed by atoms with E-state index in [1.54, 1.807) is 5.56 Å². The van der Waals surface area contributed by atoms with Gasteiger partial charge in [0.1, 0.15) is 0 Å². The van der Waals surface area contributed by atoms with E-state index < -0.39 is 0 Å². The predicted octanol–water partition coefficient (Wildman–Crippen LogP) is 2.96. The van der Waals surface area contributed by atoms with Crippen molar-refractivity contribution in [2.24, 2.45) is 0 Å². The van der Waals surface area contributed by atoms with Crippen molar-refractivity contribution in [3.05, 3.63) is 34.9 Å². The fraction of sp³-hybridized carbons (Fsp3) is 0.571. The van der Waals surface area contributed by atoms with Crippen LogP contribution in [0, 0.1) is 0 Å². The highest BCUT2D eigenvalue weighted by atomic mass is 14.8. The van der Waals surface area contributed by atoms with Gasteiger partial charge in [-0.25, -0.2) is 0 Å². The molecule has 15 heavy (non-hydrogen) atoms. The lowest BCUT2D eigenvalue weighted by Crippen LogP contribution is -2.10. The Morgan fingerprint density at radius 2 is 1.87 bits per heavy atom. The normalized spacial score (nSPS) is 10.6. The molecule has 1 heteroatoms. The Kier molecular flexibility index (Phi) is 5.41. The van der Waals surface area contributed by atoms with Gasteiger partial charge in [0.15, 0.2) is 0 Å². The summed E-state index contributed by atoms with van der Waals surface area (Å²) in [6.07, 6.45) is 4.75. The minimum atomic E-state index is 1.07. The Bertz CT molecular complexity index is 291. The van der Waals surface area contributed by atoms with Crippen LogP contribution in [0.4, 0.5) is 0 Å². The second-order valence-electron chi connectivity index (χ2n) is 4.06. The molecule has 1 aromatic rings. The first-order chi connectivity index (χ1) is 7.31. The van der Waals surface area contributed by atoms with Crippen LogP contribution in [0.2, 0.25) is 0 Å². The summed E-state index contributed by atoms with van der Waals surface area (Å²) >= 11 is 0. The van der Waals surface area contributed by atoms with Gasteiger partial charge in [-0.05, 0) is 49.5 Å². The lowest BCUT2D eigenvalue weighted by Gasteiger charge is -2.09. The monoisotopic (exact) mass is 205 g/mol. The van der Waals surface area contributed by atoms with Gasteiger partial charge in [-0.15, -0.1) is 0 Å². The lowest BCUT2D eigenvalue weighted by atomic mass is 9.97. The Labute approximate surface area is 93.9 Å². The zero-order valence-electron chi connectivity index (χ0n) is 10.3. The molecule has 0 atom stereocenters. The molecule has 0 aliphatic rings. The largest absolute Gasteiger partial charge is 0.319 e. The minimum Gasteiger partial charge on any atom is -0.319 e. The summed E-state index contributed by atoms with van der Waals surface area (Å²) in [5, 5.41) is 3.20. The second-order valence-corrected chi connectivity index (χ2v) is 4.06. The maximum Gasteiger partial charge on any atom is -0.00114 e. The molecular formula is C14H23N. The zero-order chi connectivity index (χ0) is 11.1. The summed E-state index contributed by atoms with van der Waals surface area (Å²) in [6, 6.07) is 6.96. The predicted molar refractivity (Wildman–Crippen MR) is 67.4 cm³/mol. The number of rotatable bonds is 6. The highest BCUT2D eigenvalue weighted by Crippen LogP contribution is 2.15. The van der Waals surface area contributed by atoms with E-state index in [9.17, 15) is 0 Å². The SMILES string of the molecule is CCCc1cc(CCNC)ccc1CC. The summed E-state index contributed by atoms with van der Waals surface area (Å²) in [7, 11) is 2.01. The lowest BCUT2D eigenvalue weighted by molar-refractivity contribution is 0.788. The van der Waals surface area contributed by atoms with E-state index in [0.717, 1.165) is 19.4 Å². The third-order valence-corrected chi connectivity index (χ3v) is 2.83. The van der Waals surface area contributed by atoms with Crippen LogP contribution < -0.4 is 5.32 Å². The molecule has 0 spiro atoms. The summed E-state index contributed by atoms with van der Waals surface area (Å²) in [4.78, 5) is 0. The van der Waals surface area contributed by atoms with E-state index in [-0.39, 0.29) is 0 Å². The molecule has 0 fully saturated rings. The van der Waals surface area contributed by atoms with Crippen molar-refractivity contribution in [1.29, 1.82) is 0 Å². The first-order valence-corrected chi connectivity index (χ1v) is 6.07. The maximum absolute atomic E-state index is 3.20. The number of likely N-dealkylation sites (N-methyl/N-ethyl adjacent to an activating group) is 1. The van der Waals surface area contributed by atoms with E-state index in [1.165, 1.54) is 24.0 Å². The van der Waals surface area contributed by atoms with Crippen LogP contribution in [-0.4, -0.2) is 13.6 Å². The van der Waals surface area contributed by atoms with E-state index in [1.807, 2.05) is 7.05 Å². The summed E-state index contributed by atoms with van der Waals surface area (Å²) in [5.41, 5.74) is 4.53. The Hall–Kier alpha value is -0.820. The molecule has 0 aromatic heterocycles. The molecule has 1 N–H and O–H groups in total. The molecule has 1 nitrogen and oxygen atoms in total. The molecule has 1 aromatic carbocycles. The van der Waals surface area contributed by atoms with Crippen LogP contribution in [0.5, 0.6) is 0 Å². The van der Waals surface area contributed by atoms with Crippen molar-refractivity contribution < 1.29 is 0 Å². The van der Waals surface area contributed by atoms with Crippen molar-refractivity contribution in [3.63, 3.8) is 0 Å². The van der Waals surface area contributed by atoms with Crippen LogP contribution in [0.1, 0.15) is 37.0 Å². The van der Waals surface area contributed by atoms with Gasteiger partial charge in [0.2, 0.25) is 0 Å². The van der Waals surface area contributed by atoms with Crippen LogP contribution in [0.25, 0.3) is 0 Å². The standard InChI is InChI=1S/C14H23N/c1-4-6-14-11-12(9-10-15-3)7-8-13(14)5-2/h7-8,11,15H,4-6,9-10H2,1-3H3. The van der Waals surface area contributed by atoms with E-state index in [0.29, 0.717) is 0 Å². The molecule has 0 amide bonds. The fourth-order valence-electron chi connectivity index (χ4n) is 1.95. The maximum atomic E-state index is 3.20. The average molecular weight is 205 g/mol. The molecule has 0 heterocycles. The molecular weight excluding hydrogens is 182 g/mol. The molecule has 0 saturated carbocycles. The van der Waals surface area contributed by atoms with E-state index >= 15 is 0 Å². The van der Waals surface area contributed by atoms with Gasteiger partial charge in [-0.2, -0.15) is 0 Å². The molecule has 0 saturated heterocycles. The molecule has 0 aliphatic heterocycles. The average Bonchev–Trinajstić information content (AvgIpc) is 2.27. The van der Waals surface area contributed by atoms with Gasteiger partial charge in [-0.1, -0.05) is 38.5 Å². The summed E-state index contributed by atoms with van der Waals surface area (Å²) in [5.74, 6) is 0. The van der Waals surface area contributed by atoms with Crippen molar-refractivity contribution in [1.82, 2.24) is 5.32 Å². The molecule has 0 bridgehead atoms. The first kappa shape index (κ1) is 12.3.